The number of benzene rings is 2. The predicted octanol–water partition coefficient (Wildman–Crippen LogP) is 6.39. The van der Waals surface area contributed by atoms with Gasteiger partial charge in [0.1, 0.15) is 29.3 Å². The maximum absolute atomic E-state index is 14.0. The molecular formula is C34H45N3O4. The van der Waals surface area contributed by atoms with Crippen LogP contribution in [-0.2, 0) is 11.3 Å². The van der Waals surface area contributed by atoms with Gasteiger partial charge in [0.2, 0.25) is 0 Å². The van der Waals surface area contributed by atoms with Gasteiger partial charge >= 0.3 is 0 Å². The third kappa shape index (κ3) is 7.77. The minimum absolute atomic E-state index is 0.0541. The number of carbonyl (C=O) groups excluding carboxylic acids is 1. The van der Waals surface area contributed by atoms with E-state index in [4.69, 9.17) is 19.2 Å². The second kappa shape index (κ2) is 14.6. The standard InChI is InChI=1S/C34H45N3O4/c1-25(2)37(28-15-10-18-35-22-28)34(38)30-21-32(40-20-19-39-23-26-11-5-3-6-12-26)29-16-9-17-31(33(29)36-30)41-24-27-13-7-4-8-14-27/h3,5-6,9,11-12,16-17,21,25,27-28,35H,4,7-8,10,13-15,18-20,22-24H2,1-2H3/t28-/m1/s1. The van der Waals surface area contributed by atoms with Crippen LogP contribution in [0, 0.1) is 5.92 Å². The van der Waals surface area contributed by atoms with Crippen LogP contribution in [0.1, 0.15) is 74.8 Å². The first-order valence-electron chi connectivity index (χ1n) is 15.4. The zero-order chi connectivity index (χ0) is 28.4. The quantitative estimate of drug-likeness (QED) is 0.259. The summed E-state index contributed by atoms with van der Waals surface area (Å²) in [5.74, 6) is 1.85. The van der Waals surface area contributed by atoms with Gasteiger partial charge < -0.3 is 24.4 Å². The molecule has 2 heterocycles. The Morgan fingerprint density at radius 3 is 2.54 bits per heavy atom. The molecule has 1 saturated heterocycles. The van der Waals surface area contributed by atoms with Gasteiger partial charge in [-0.25, -0.2) is 4.98 Å². The number of pyridine rings is 1. The monoisotopic (exact) mass is 559 g/mol. The highest BCUT2D eigenvalue weighted by molar-refractivity contribution is 5.98. The summed E-state index contributed by atoms with van der Waals surface area (Å²) < 4.78 is 18.5. The number of nitrogens with one attached hydrogen (secondary N) is 1. The van der Waals surface area contributed by atoms with Crippen LogP contribution < -0.4 is 14.8 Å². The van der Waals surface area contributed by atoms with Crippen molar-refractivity contribution in [2.45, 2.75) is 77.5 Å². The van der Waals surface area contributed by atoms with E-state index in [1.807, 2.05) is 53.4 Å². The van der Waals surface area contributed by atoms with Gasteiger partial charge in [-0.1, -0.05) is 55.7 Å². The molecule has 0 spiro atoms. The number of fused-ring (bicyclic) bond motifs is 1. The summed E-state index contributed by atoms with van der Waals surface area (Å²) in [4.78, 5) is 21.0. The van der Waals surface area contributed by atoms with Crippen LogP contribution >= 0.6 is 0 Å². The van der Waals surface area contributed by atoms with Crippen molar-refractivity contribution in [2.24, 2.45) is 5.92 Å². The normalized spacial score (nSPS) is 18.0. The fraction of sp³-hybridized carbons (Fsp3) is 0.529. The Bertz CT molecular complexity index is 1250. The van der Waals surface area contributed by atoms with E-state index in [0.717, 1.165) is 36.9 Å². The largest absolute Gasteiger partial charge is 0.491 e. The van der Waals surface area contributed by atoms with E-state index >= 15 is 0 Å². The summed E-state index contributed by atoms with van der Waals surface area (Å²) in [6.45, 7) is 7.96. The molecule has 41 heavy (non-hydrogen) atoms. The van der Waals surface area contributed by atoms with E-state index in [-0.39, 0.29) is 18.0 Å². The van der Waals surface area contributed by atoms with Gasteiger partial charge in [0.05, 0.1) is 19.8 Å². The fourth-order valence-electron chi connectivity index (χ4n) is 6.10. The summed E-state index contributed by atoms with van der Waals surface area (Å²) in [7, 11) is 0. The Morgan fingerprint density at radius 1 is 0.951 bits per heavy atom. The van der Waals surface area contributed by atoms with E-state index in [9.17, 15) is 4.79 Å². The van der Waals surface area contributed by atoms with Gasteiger partial charge in [0.25, 0.3) is 5.91 Å². The van der Waals surface area contributed by atoms with Crippen LogP contribution in [0.3, 0.4) is 0 Å². The molecular weight excluding hydrogens is 514 g/mol. The number of carbonyl (C=O) groups is 1. The summed E-state index contributed by atoms with van der Waals surface area (Å²) in [5, 5.41) is 4.30. The molecule has 2 fully saturated rings. The van der Waals surface area contributed by atoms with Gasteiger partial charge in [-0.3, -0.25) is 4.79 Å². The molecule has 0 radical (unpaired) electrons. The Labute approximate surface area is 244 Å². The van der Waals surface area contributed by atoms with Crippen LogP contribution in [-0.4, -0.2) is 60.8 Å². The molecule has 2 aliphatic rings. The predicted molar refractivity (Wildman–Crippen MR) is 163 cm³/mol. The Morgan fingerprint density at radius 2 is 1.78 bits per heavy atom. The number of aromatic nitrogens is 1. The zero-order valence-electron chi connectivity index (χ0n) is 24.6. The molecule has 2 aromatic carbocycles. The number of para-hydroxylation sites is 1. The summed E-state index contributed by atoms with van der Waals surface area (Å²) >= 11 is 0. The number of amides is 1. The maximum atomic E-state index is 14.0. The molecule has 7 nitrogen and oxygen atoms in total. The molecule has 0 bridgehead atoms. The lowest BCUT2D eigenvalue weighted by atomic mass is 9.90. The van der Waals surface area contributed by atoms with E-state index in [1.165, 1.54) is 32.1 Å². The Hall–Kier alpha value is -3.16. The molecule has 1 saturated carbocycles. The number of piperidine rings is 1. The van der Waals surface area contributed by atoms with Crippen LogP contribution in [0.25, 0.3) is 10.9 Å². The summed E-state index contributed by atoms with van der Waals surface area (Å²) in [5.41, 5.74) is 2.20. The molecule has 0 unspecified atom stereocenters. The highest BCUT2D eigenvalue weighted by Gasteiger charge is 2.30. The maximum Gasteiger partial charge on any atom is 0.273 e. The number of rotatable bonds is 12. The zero-order valence-corrected chi connectivity index (χ0v) is 24.6. The fourth-order valence-corrected chi connectivity index (χ4v) is 6.10. The molecule has 1 aliphatic heterocycles. The lowest BCUT2D eigenvalue weighted by Crippen LogP contribution is -2.51. The third-order valence-corrected chi connectivity index (χ3v) is 8.23. The van der Waals surface area contributed by atoms with Crippen molar-refractivity contribution < 1.29 is 19.0 Å². The Balaban J connectivity index is 1.39. The van der Waals surface area contributed by atoms with Crippen molar-refractivity contribution in [3.8, 4) is 11.5 Å². The minimum atomic E-state index is -0.0668. The average molecular weight is 560 g/mol. The van der Waals surface area contributed by atoms with E-state index in [1.54, 1.807) is 6.07 Å². The second-order valence-electron chi connectivity index (χ2n) is 11.7. The number of hydrogen-bond donors (Lipinski definition) is 1. The third-order valence-electron chi connectivity index (χ3n) is 8.23. The SMILES string of the molecule is CC(C)N(C(=O)c1cc(OCCOCc2ccccc2)c2cccc(OCC3CCCCC3)c2n1)[C@@H]1CCCNC1. The van der Waals surface area contributed by atoms with Gasteiger partial charge in [0, 0.05) is 30.1 Å². The smallest absolute Gasteiger partial charge is 0.273 e. The Kier molecular flexibility index (Phi) is 10.5. The van der Waals surface area contributed by atoms with Crippen LogP contribution in [0.5, 0.6) is 11.5 Å². The molecule has 5 rings (SSSR count). The van der Waals surface area contributed by atoms with Crippen molar-refractivity contribution in [3.63, 3.8) is 0 Å². The first-order chi connectivity index (χ1) is 20.1. The second-order valence-corrected chi connectivity index (χ2v) is 11.7. The van der Waals surface area contributed by atoms with Crippen LogP contribution in [0.2, 0.25) is 0 Å². The van der Waals surface area contributed by atoms with E-state index in [0.29, 0.717) is 55.1 Å². The van der Waals surface area contributed by atoms with Crippen molar-refractivity contribution in [1.82, 2.24) is 15.2 Å². The van der Waals surface area contributed by atoms with Gasteiger partial charge in [-0.15, -0.1) is 0 Å². The lowest BCUT2D eigenvalue weighted by molar-refractivity contribution is 0.0567. The molecule has 1 N–H and O–H groups in total. The molecule has 7 heteroatoms. The van der Waals surface area contributed by atoms with Crippen molar-refractivity contribution in [1.29, 1.82) is 0 Å². The van der Waals surface area contributed by atoms with Crippen LogP contribution in [0.4, 0.5) is 0 Å². The van der Waals surface area contributed by atoms with E-state index < -0.39 is 0 Å². The molecule has 1 amide bonds. The lowest BCUT2D eigenvalue weighted by Gasteiger charge is -2.37. The topological polar surface area (TPSA) is 72.9 Å². The van der Waals surface area contributed by atoms with Crippen molar-refractivity contribution in [2.75, 3.05) is 32.9 Å². The van der Waals surface area contributed by atoms with Gasteiger partial charge in [-0.05, 0) is 69.7 Å². The molecule has 1 atom stereocenters. The number of nitrogens with zero attached hydrogens (tertiary/aromatic N) is 2. The van der Waals surface area contributed by atoms with Gasteiger partial charge in [-0.2, -0.15) is 0 Å². The minimum Gasteiger partial charge on any atom is -0.491 e. The highest BCUT2D eigenvalue weighted by atomic mass is 16.5. The molecule has 1 aliphatic carbocycles. The first-order valence-corrected chi connectivity index (χ1v) is 15.4. The summed E-state index contributed by atoms with van der Waals surface area (Å²) in [6.07, 6.45) is 8.31. The number of hydrogen-bond acceptors (Lipinski definition) is 6. The molecule has 1 aromatic heterocycles. The summed E-state index contributed by atoms with van der Waals surface area (Å²) in [6, 6.07) is 18.0. The van der Waals surface area contributed by atoms with Gasteiger partial charge in [0.15, 0.2) is 0 Å². The van der Waals surface area contributed by atoms with Crippen molar-refractivity contribution >= 4 is 16.8 Å². The van der Waals surface area contributed by atoms with Crippen molar-refractivity contribution in [3.05, 3.63) is 65.9 Å². The molecule has 3 aromatic rings. The highest BCUT2D eigenvalue weighted by Crippen LogP contribution is 2.34. The molecule has 220 valence electrons. The average Bonchev–Trinajstić information content (AvgIpc) is 3.01. The van der Waals surface area contributed by atoms with E-state index in [2.05, 4.69) is 19.2 Å². The van der Waals surface area contributed by atoms with Crippen LogP contribution in [0.15, 0.2) is 54.6 Å². The number of ether oxygens (including phenoxy) is 3. The first kappa shape index (κ1) is 29.3.